The molecule has 1 aromatic rings. The van der Waals surface area contributed by atoms with E-state index in [-0.39, 0.29) is 17.1 Å². The standard InChI is InChI=1S/C15H20N2O3S/c1-12-6-8-15(11-18,9-7-12)17-21(19,20)14-5-3-2-4-13(14)10-16/h2-5,12,17-18H,6-9,11H2,1H3. The molecule has 0 aliphatic heterocycles. The molecule has 0 bridgehead atoms. The van der Waals surface area contributed by atoms with Crippen LogP contribution in [0.2, 0.25) is 0 Å². The second-order valence-electron chi connectivity index (χ2n) is 5.83. The van der Waals surface area contributed by atoms with Gasteiger partial charge in [-0.1, -0.05) is 19.1 Å². The smallest absolute Gasteiger partial charge is 0.242 e. The predicted molar refractivity (Wildman–Crippen MR) is 78.9 cm³/mol. The number of nitrogens with zero attached hydrogens (tertiary/aromatic N) is 1. The molecule has 6 heteroatoms. The van der Waals surface area contributed by atoms with Gasteiger partial charge in [0.15, 0.2) is 0 Å². The molecule has 0 aromatic heterocycles. The van der Waals surface area contributed by atoms with E-state index in [0.717, 1.165) is 12.8 Å². The Labute approximate surface area is 125 Å². The van der Waals surface area contributed by atoms with Crippen molar-refractivity contribution in [1.29, 1.82) is 5.26 Å². The number of sulfonamides is 1. The summed E-state index contributed by atoms with van der Waals surface area (Å²) in [6.45, 7) is 1.90. The predicted octanol–water partition coefficient (Wildman–Crippen LogP) is 1.78. The summed E-state index contributed by atoms with van der Waals surface area (Å²) in [4.78, 5) is -0.0288. The van der Waals surface area contributed by atoms with Crippen LogP contribution < -0.4 is 4.72 Å². The lowest BCUT2D eigenvalue weighted by atomic mass is 9.78. The maximum absolute atomic E-state index is 12.6. The molecule has 2 N–H and O–H groups in total. The van der Waals surface area contributed by atoms with Crippen molar-refractivity contribution in [2.24, 2.45) is 5.92 Å². The van der Waals surface area contributed by atoms with Crippen molar-refractivity contribution in [1.82, 2.24) is 4.72 Å². The summed E-state index contributed by atoms with van der Waals surface area (Å²) < 4.78 is 27.7. The van der Waals surface area contributed by atoms with Crippen LogP contribution in [-0.2, 0) is 10.0 Å². The van der Waals surface area contributed by atoms with Gasteiger partial charge in [-0.2, -0.15) is 5.26 Å². The van der Waals surface area contributed by atoms with Gasteiger partial charge in [0.25, 0.3) is 0 Å². The third kappa shape index (κ3) is 3.43. The van der Waals surface area contributed by atoms with Gasteiger partial charge < -0.3 is 5.11 Å². The number of rotatable bonds is 4. The van der Waals surface area contributed by atoms with Gasteiger partial charge in [-0.25, -0.2) is 13.1 Å². The van der Waals surface area contributed by atoms with Gasteiger partial charge in [0.2, 0.25) is 10.0 Å². The molecular weight excluding hydrogens is 288 g/mol. The molecule has 21 heavy (non-hydrogen) atoms. The number of nitriles is 1. The van der Waals surface area contributed by atoms with Crippen molar-refractivity contribution in [3.05, 3.63) is 29.8 Å². The van der Waals surface area contributed by atoms with E-state index in [0.29, 0.717) is 18.8 Å². The second kappa shape index (κ2) is 6.14. The van der Waals surface area contributed by atoms with Gasteiger partial charge in [-0.3, -0.25) is 0 Å². The molecule has 1 aliphatic rings. The van der Waals surface area contributed by atoms with E-state index in [1.807, 2.05) is 6.07 Å². The summed E-state index contributed by atoms with van der Waals surface area (Å²) in [5, 5.41) is 18.7. The molecule has 1 aromatic carbocycles. The van der Waals surface area contributed by atoms with Crippen molar-refractivity contribution >= 4 is 10.0 Å². The Bertz CT molecular complexity index is 641. The van der Waals surface area contributed by atoms with Crippen LogP contribution in [0.3, 0.4) is 0 Å². The molecule has 0 heterocycles. The van der Waals surface area contributed by atoms with Crippen molar-refractivity contribution < 1.29 is 13.5 Å². The quantitative estimate of drug-likeness (QED) is 0.887. The first-order valence-corrected chi connectivity index (χ1v) is 8.55. The van der Waals surface area contributed by atoms with Crippen LogP contribution in [0.4, 0.5) is 0 Å². The van der Waals surface area contributed by atoms with Crippen LogP contribution in [0.5, 0.6) is 0 Å². The third-order valence-corrected chi connectivity index (χ3v) is 5.82. The minimum Gasteiger partial charge on any atom is -0.394 e. The number of benzene rings is 1. The molecule has 5 nitrogen and oxygen atoms in total. The Kier molecular flexibility index (Phi) is 4.67. The third-order valence-electron chi connectivity index (χ3n) is 4.18. The Morgan fingerprint density at radius 1 is 1.38 bits per heavy atom. The average Bonchev–Trinajstić information content (AvgIpc) is 2.49. The van der Waals surface area contributed by atoms with E-state index in [1.165, 1.54) is 12.1 Å². The Balaban J connectivity index is 2.30. The molecule has 0 spiro atoms. The van der Waals surface area contributed by atoms with Crippen molar-refractivity contribution in [3.63, 3.8) is 0 Å². The molecule has 1 aliphatic carbocycles. The van der Waals surface area contributed by atoms with Gasteiger partial charge >= 0.3 is 0 Å². The van der Waals surface area contributed by atoms with Crippen LogP contribution in [-0.4, -0.2) is 25.7 Å². The largest absolute Gasteiger partial charge is 0.394 e. The number of hydrogen-bond donors (Lipinski definition) is 2. The summed E-state index contributed by atoms with van der Waals surface area (Å²) in [7, 11) is -3.82. The highest BCUT2D eigenvalue weighted by Gasteiger charge is 2.38. The zero-order valence-corrected chi connectivity index (χ0v) is 12.9. The molecular formula is C15H20N2O3S. The SMILES string of the molecule is CC1CCC(CO)(NS(=O)(=O)c2ccccc2C#N)CC1. The summed E-state index contributed by atoms with van der Waals surface area (Å²) >= 11 is 0. The van der Waals surface area contributed by atoms with Gasteiger partial charge in [-0.15, -0.1) is 0 Å². The molecule has 1 saturated carbocycles. The highest BCUT2D eigenvalue weighted by Crippen LogP contribution is 2.33. The zero-order chi connectivity index (χ0) is 15.5. The number of aliphatic hydroxyl groups is 1. The first-order valence-electron chi connectivity index (χ1n) is 7.06. The van der Waals surface area contributed by atoms with Gasteiger partial charge in [0.1, 0.15) is 6.07 Å². The first-order chi connectivity index (χ1) is 9.92. The molecule has 1 fully saturated rings. The second-order valence-corrected chi connectivity index (χ2v) is 7.49. The minimum absolute atomic E-state index is 0.0288. The summed E-state index contributed by atoms with van der Waals surface area (Å²) in [6.07, 6.45) is 2.98. The molecule has 0 atom stereocenters. The average molecular weight is 308 g/mol. The summed E-state index contributed by atoms with van der Waals surface area (Å²) in [6, 6.07) is 8.00. The maximum atomic E-state index is 12.6. The molecule has 0 unspecified atom stereocenters. The Morgan fingerprint density at radius 3 is 2.57 bits per heavy atom. The van der Waals surface area contributed by atoms with Gasteiger partial charge in [-0.05, 0) is 43.7 Å². The van der Waals surface area contributed by atoms with Crippen LogP contribution >= 0.6 is 0 Å². The molecule has 0 amide bonds. The minimum atomic E-state index is -3.82. The summed E-state index contributed by atoms with van der Waals surface area (Å²) in [5.74, 6) is 0.542. The topological polar surface area (TPSA) is 90.2 Å². The zero-order valence-electron chi connectivity index (χ0n) is 12.0. The lowest BCUT2D eigenvalue weighted by Gasteiger charge is -2.38. The van der Waals surface area contributed by atoms with Crippen molar-refractivity contribution in [2.75, 3.05) is 6.61 Å². The highest BCUT2D eigenvalue weighted by molar-refractivity contribution is 7.89. The molecule has 0 radical (unpaired) electrons. The Morgan fingerprint density at radius 2 is 2.00 bits per heavy atom. The van der Waals surface area contributed by atoms with Gasteiger partial charge in [0.05, 0.1) is 22.6 Å². The van der Waals surface area contributed by atoms with Crippen molar-refractivity contribution in [2.45, 2.75) is 43.0 Å². The van der Waals surface area contributed by atoms with Crippen LogP contribution in [0, 0.1) is 17.2 Å². The van der Waals surface area contributed by atoms with Crippen LogP contribution in [0.25, 0.3) is 0 Å². The fourth-order valence-corrected chi connectivity index (χ4v) is 4.35. The number of hydrogen-bond acceptors (Lipinski definition) is 4. The van der Waals surface area contributed by atoms with E-state index >= 15 is 0 Å². The van der Waals surface area contributed by atoms with E-state index in [1.54, 1.807) is 12.1 Å². The fourth-order valence-electron chi connectivity index (χ4n) is 2.74. The summed E-state index contributed by atoms with van der Waals surface area (Å²) in [5.41, 5.74) is -0.698. The molecule has 2 rings (SSSR count). The lowest BCUT2D eigenvalue weighted by Crippen LogP contribution is -2.53. The van der Waals surface area contributed by atoms with Crippen molar-refractivity contribution in [3.8, 4) is 6.07 Å². The fraction of sp³-hybridized carbons (Fsp3) is 0.533. The van der Waals surface area contributed by atoms with E-state index in [9.17, 15) is 13.5 Å². The molecule has 0 saturated heterocycles. The molecule has 114 valence electrons. The highest BCUT2D eigenvalue weighted by atomic mass is 32.2. The maximum Gasteiger partial charge on any atom is 0.242 e. The van der Waals surface area contributed by atoms with E-state index in [2.05, 4.69) is 11.6 Å². The Hall–Kier alpha value is -1.42. The van der Waals surface area contributed by atoms with Crippen LogP contribution in [0.15, 0.2) is 29.2 Å². The normalized spacial score (nSPS) is 26.2. The first kappa shape index (κ1) is 16.0. The number of aliphatic hydroxyl groups excluding tert-OH is 1. The lowest BCUT2D eigenvalue weighted by molar-refractivity contribution is 0.125. The monoisotopic (exact) mass is 308 g/mol. The van der Waals surface area contributed by atoms with E-state index in [4.69, 9.17) is 5.26 Å². The van der Waals surface area contributed by atoms with Gasteiger partial charge in [0, 0.05) is 0 Å². The van der Waals surface area contributed by atoms with E-state index < -0.39 is 15.6 Å². The van der Waals surface area contributed by atoms with Crippen LogP contribution in [0.1, 0.15) is 38.2 Å². The number of nitrogens with one attached hydrogen (secondary N) is 1.